The molecule has 1 aliphatic rings. The van der Waals surface area contributed by atoms with Crippen LogP contribution in [0, 0.1) is 11.6 Å². The molecule has 1 aromatic heterocycles. The van der Waals surface area contributed by atoms with E-state index in [1.807, 2.05) is 7.05 Å². The predicted molar refractivity (Wildman–Crippen MR) is 69.8 cm³/mol. The van der Waals surface area contributed by atoms with E-state index in [1.54, 1.807) is 4.57 Å². The van der Waals surface area contributed by atoms with Crippen LogP contribution >= 0.6 is 0 Å². The summed E-state index contributed by atoms with van der Waals surface area (Å²) in [7, 11) is 2.03. The van der Waals surface area contributed by atoms with Gasteiger partial charge in [0.25, 0.3) is 0 Å². The molecule has 1 aliphatic heterocycles. The van der Waals surface area contributed by atoms with Crippen LogP contribution in [-0.2, 0) is 0 Å². The Bertz CT molecular complexity index is 623. The summed E-state index contributed by atoms with van der Waals surface area (Å²) in [5.74, 6) is -1.01. The minimum Gasteiger partial charge on any atom is -0.369 e. The van der Waals surface area contributed by atoms with E-state index in [4.69, 9.17) is 5.73 Å². The zero-order chi connectivity index (χ0) is 13.6. The maximum absolute atomic E-state index is 13.7. The number of nitrogen functional groups attached to an aromatic ring is 1. The smallest absolute Gasteiger partial charge is 0.201 e. The number of fused-ring (bicyclic) bond motifs is 1. The fourth-order valence-corrected chi connectivity index (χ4v) is 2.87. The van der Waals surface area contributed by atoms with Crippen LogP contribution in [0.1, 0.15) is 18.9 Å². The lowest BCUT2D eigenvalue weighted by Gasteiger charge is -2.31. The lowest BCUT2D eigenvalue weighted by Crippen LogP contribution is -2.33. The Labute approximate surface area is 109 Å². The first-order chi connectivity index (χ1) is 9.06. The Morgan fingerprint density at radius 3 is 2.89 bits per heavy atom. The monoisotopic (exact) mass is 266 g/mol. The minimum atomic E-state index is -0.662. The summed E-state index contributed by atoms with van der Waals surface area (Å²) in [6.07, 6.45) is 1.98. The molecule has 0 radical (unpaired) electrons. The molecule has 19 heavy (non-hydrogen) atoms. The third-order valence-electron chi connectivity index (χ3n) is 3.71. The van der Waals surface area contributed by atoms with Crippen molar-refractivity contribution < 1.29 is 8.78 Å². The van der Waals surface area contributed by atoms with Gasteiger partial charge in [0.05, 0.1) is 5.52 Å². The number of aromatic nitrogens is 2. The molecule has 2 aromatic rings. The zero-order valence-corrected chi connectivity index (χ0v) is 10.7. The van der Waals surface area contributed by atoms with Gasteiger partial charge in [-0.3, -0.25) is 0 Å². The maximum Gasteiger partial charge on any atom is 0.201 e. The van der Waals surface area contributed by atoms with E-state index < -0.39 is 11.6 Å². The van der Waals surface area contributed by atoms with Gasteiger partial charge in [0.1, 0.15) is 11.3 Å². The molecular formula is C13H16F2N4. The first-order valence-corrected chi connectivity index (χ1v) is 6.37. The lowest BCUT2D eigenvalue weighted by atomic mass is 10.1. The highest BCUT2D eigenvalue weighted by molar-refractivity contribution is 5.79. The van der Waals surface area contributed by atoms with Crippen molar-refractivity contribution in [2.45, 2.75) is 18.9 Å². The van der Waals surface area contributed by atoms with Gasteiger partial charge < -0.3 is 15.2 Å². The average Bonchev–Trinajstić information content (AvgIpc) is 2.66. The van der Waals surface area contributed by atoms with E-state index in [0.29, 0.717) is 5.52 Å². The molecule has 2 N–H and O–H groups in total. The van der Waals surface area contributed by atoms with E-state index in [2.05, 4.69) is 9.88 Å². The lowest BCUT2D eigenvalue weighted by molar-refractivity contribution is 0.216. The number of hydrogen-bond donors (Lipinski definition) is 1. The summed E-state index contributed by atoms with van der Waals surface area (Å²) in [5.41, 5.74) is 6.48. The van der Waals surface area contributed by atoms with Crippen molar-refractivity contribution in [1.29, 1.82) is 0 Å². The number of likely N-dealkylation sites (tertiary alicyclic amines) is 1. The Morgan fingerprint density at radius 1 is 1.37 bits per heavy atom. The van der Waals surface area contributed by atoms with Crippen LogP contribution in [-0.4, -0.2) is 34.6 Å². The summed E-state index contributed by atoms with van der Waals surface area (Å²) in [4.78, 5) is 6.22. The van der Waals surface area contributed by atoms with Crippen molar-refractivity contribution in [2.75, 3.05) is 25.9 Å². The SMILES string of the molecule is CN1CCCC(n2c(N)nc3c(F)cc(F)cc32)C1. The van der Waals surface area contributed by atoms with Gasteiger partial charge in [0.2, 0.25) is 5.95 Å². The van der Waals surface area contributed by atoms with Crippen LogP contribution in [0.25, 0.3) is 11.0 Å². The third-order valence-corrected chi connectivity index (χ3v) is 3.71. The second kappa shape index (κ2) is 4.45. The number of imidazole rings is 1. The van der Waals surface area contributed by atoms with E-state index >= 15 is 0 Å². The second-order valence-corrected chi connectivity index (χ2v) is 5.15. The van der Waals surface area contributed by atoms with Crippen LogP contribution in [0.3, 0.4) is 0 Å². The van der Waals surface area contributed by atoms with E-state index in [1.165, 1.54) is 6.07 Å². The van der Waals surface area contributed by atoms with E-state index in [9.17, 15) is 8.78 Å². The van der Waals surface area contributed by atoms with Crippen molar-refractivity contribution in [3.8, 4) is 0 Å². The predicted octanol–water partition coefficient (Wildman–Crippen LogP) is 2.16. The highest BCUT2D eigenvalue weighted by Crippen LogP contribution is 2.30. The maximum atomic E-state index is 13.7. The molecule has 0 bridgehead atoms. The topological polar surface area (TPSA) is 47.1 Å². The second-order valence-electron chi connectivity index (χ2n) is 5.15. The molecule has 1 saturated heterocycles. The summed E-state index contributed by atoms with van der Waals surface area (Å²) >= 11 is 0. The molecule has 6 heteroatoms. The van der Waals surface area contributed by atoms with Crippen LogP contribution in [0.5, 0.6) is 0 Å². The number of benzene rings is 1. The molecule has 1 unspecified atom stereocenters. The van der Waals surface area contributed by atoms with Gasteiger partial charge in [-0.1, -0.05) is 0 Å². The van der Waals surface area contributed by atoms with Crippen molar-refractivity contribution >= 4 is 17.0 Å². The summed E-state index contributed by atoms with van der Waals surface area (Å²) in [5, 5.41) is 0. The number of piperidine rings is 1. The van der Waals surface area contributed by atoms with Gasteiger partial charge in [0.15, 0.2) is 5.82 Å². The van der Waals surface area contributed by atoms with Gasteiger partial charge in [-0.2, -0.15) is 0 Å². The molecule has 2 heterocycles. The first-order valence-electron chi connectivity index (χ1n) is 6.37. The molecule has 0 amide bonds. The molecule has 102 valence electrons. The number of nitrogens with two attached hydrogens (primary N) is 1. The van der Waals surface area contributed by atoms with Gasteiger partial charge in [0, 0.05) is 24.7 Å². The Kier molecular flexibility index (Phi) is 2.89. The van der Waals surface area contributed by atoms with E-state index in [0.717, 1.165) is 32.0 Å². The molecule has 4 nitrogen and oxygen atoms in total. The van der Waals surface area contributed by atoms with Gasteiger partial charge >= 0.3 is 0 Å². The van der Waals surface area contributed by atoms with Crippen LogP contribution in [0.15, 0.2) is 12.1 Å². The fraction of sp³-hybridized carbons (Fsp3) is 0.462. The Morgan fingerprint density at radius 2 is 2.16 bits per heavy atom. The van der Waals surface area contributed by atoms with Crippen LogP contribution in [0.4, 0.5) is 14.7 Å². The summed E-state index contributed by atoms with van der Waals surface area (Å²) < 4.78 is 28.9. The number of hydrogen-bond acceptors (Lipinski definition) is 3. The Hall–Kier alpha value is -1.69. The van der Waals surface area contributed by atoms with Gasteiger partial charge in [-0.25, -0.2) is 13.8 Å². The molecule has 0 aliphatic carbocycles. The molecule has 1 aromatic carbocycles. The standard InChI is InChI=1S/C13H16F2N4/c1-18-4-2-3-9(7-18)19-11-6-8(14)5-10(15)12(11)17-13(19)16/h5-6,9H,2-4,7H2,1H3,(H2,16,17). The first kappa shape index (κ1) is 12.3. The Balaban J connectivity index is 2.14. The highest BCUT2D eigenvalue weighted by atomic mass is 19.1. The quantitative estimate of drug-likeness (QED) is 0.860. The number of likely N-dealkylation sites (N-methyl/N-ethyl adjacent to an activating group) is 1. The van der Waals surface area contributed by atoms with Crippen molar-refractivity contribution in [3.63, 3.8) is 0 Å². The van der Waals surface area contributed by atoms with Crippen LogP contribution in [0.2, 0.25) is 0 Å². The molecule has 0 spiro atoms. The zero-order valence-electron chi connectivity index (χ0n) is 10.7. The fourth-order valence-electron chi connectivity index (χ4n) is 2.87. The number of nitrogens with zero attached hydrogens (tertiary/aromatic N) is 3. The number of halogens is 2. The van der Waals surface area contributed by atoms with Crippen molar-refractivity contribution in [2.24, 2.45) is 0 Å². The van der Waals surface area contributed by atoms with Crippen molar-refractivity contribution in [3.05, 3.63) is 23.8 Å². The van der Waals surface area contributed by atoms with Gasteiger partial charge in [-0.15, -0.1) is 0 Å². The normalized spacial score (nSPS) is 21.1. The number of anilines is 1. The molecule has 1 atom stereocenters. The number of rotatable bonds is 1. The largest absolute Gasteiger partial charge is 0.369 e. The molecule has 1 fully saturated rings. The van der Waals surface area contributed by atoms with Crippen molar-refractivity contribution in [1.82, 2.24) is 14.5 Å². The minimum absolute atomic E-state index is 0.116. The summed E-state index contributed by atoms with van der Waals surface area (Å²) in [6, 6.07) is 2.26. The summed E-state index contributed by atoms with van der Waals surface area (Å²) in [6.45, 7) is 1.85. The van der Waals surface area contributed by atoms with Gasteiger partial charge in [-0.05, 0) is 26.4 Å². The average molecular weight is 266 g/mol. The van der Waals surface area contributed by atoms with E-state index in [-0.39, 0.29) is 17.5 Å². The third kappa shape index (κ3) is 2.06. The molecular weight excluding hydrogens is 250 g/mol. The van der Waals surface area contributed by atoms with Crippen LogP contribution < -0.4 is 5.73 Å². The molecule has 0 saturated carbocycles. The highest BCUT2D eigenvalue weighted by Gasteiger charge is 2.24. The molecule has 3 rings (SSSR count).